The number of aryl methyl sites for hydroxylation is 1. The van der Waals surface area contributed by atoms with E-state index < -0.39 is 5.60 Å². The predicted octanol–water partition coefficient (Wildman–Crippen LogP) is 2.44. The Kier molecular flexibility index (Phi) is 3.93. The first kappa shape index (κ1) is 13.4. The summed E-state index contributed by atoms with van der Waals surface area (Å²) in [5.74, 6) is 0.339. The van der Waals surface area contributed by atoms with Gasteiger partial charge in [0.25, 0.3) is 0 Å². The molecule has 0 amide bonds. The second-order valence-corrected chi connectivity index (χ2v) is 5.74. The monoisotopic (exact) mass is 249 g/mol. The number of hydrogen-bond acceptors (Lipinski definition) is 3. The molecule has 1 aromatic carbocycles. The van der Waals surface area contributed by atoms with Crippen molar-refractivity contribution in [3.63, 3.8) is 0 Å². The molecule has 1 aliphatic carbocycles. The number of hydrogen-bond donors (Lipinski definition) is 2. The molecule has 0 saturated heterocycles. The van der Waals surface area contributed by atoms with Gasteiger partial charge in [0.1, 0.15) is 5.75 Å². The summed E-state index contributed by atoms with van der Waals surface area (Å²) in [5.41, 5.74) is 1.56. The zero-order chi connectivity index (χ0) is 13.2. The van der Waals surface area contributed by atoms with Crippen molar-refractivity contribution in [2.75, 3.05) is 13.6 Å². The van der Waals surface area contributed by atoms with Gasteiger partial charge in [-0.3, -0.25) is 4.90 Å². The number of phenolic OH excluding ortho intramolecular Hbond substituents is 1. The molecule has 18 heavy (non-hydrogen) atoms. The molecule has 0 atom stereocenters. The van der Waals surface area contributed by atoms with E-state index in [0.29, 0.717) is 18.8 Å². The van der Waals surface area contributed by atoms with E-state index in [4.69, 9.17) is 0 Å². The third kappa shape index (κ3) is 3.24. The summed E-state index contributed by atoms with van der Waals surface area (Å²) in [6, 6.07) is 5.65. The van der Waals surface area contributed by atoms with Gasteiger partial charge >= 0.3 is 0 Å². The van der Waals surface area contributed by atoms with Crippen LogP contribution < -0.4 is 0 Å². The number of phenols is 1. The second kappa shape index (κ2) is 5.29. The largest absolute Gasteiger partial charge is 0.508 e. The molecule has 0 aliphatic heterocycles. The van der Waals surface area contributed by atoms with E-state index in [1.807, 2.05) is 26.1 Å². The average Bonchev–Trinajstić information content (AvgIpc) is 2.70. The Hall–Kier alpha value is -1.06. The molecule has 3 heteroatoms. The van der Waals surface area contributed by atoms with E-state index in [9.17, 15) is 10.2 Å². The number of likely N-dealkylation sites (N-methyl/N-ethyl adjacent to an activating group) is 1. The van der Waals surface area contributed by atoms with Crippen molar-refractivity contribution in [2.45, 2.75) is 44.8 Å². The van der Waals surface area contributed by atoms with Crippen LogP contribution in [0.3, 0.4) is 0 Å². The van der Waals surface area contributed by atoms with Crippen LogP contribution >= 0.6 is 0 Å². The molecule has 0 spiro atoms. The summed E-state index contributed by atoms with van der Waals surface area (Å²) in [6.45, 7) is 3.38. The number of aliphatic hydroxyl groups is 1. The summed E-state index contributed by atoms with van der Waals surface area (Å²) in [7, 11) is 2.00. The SMILES string of the molecule is Cc1ccc(O)c(CN(C)CC2(O)CCCC2)c1. The predicted molar refractivity (Wildman–Crippen MR) is 72.6 cm³/mol. The number of benzene rings is 1. The molecule has 2 N–H and O–H groups in total. The third-order valence-corrected chi connectivity index (χ3v) is 3.77. The van der Waals surface area contributed by atoms with Gasteiger partial charge in [-0.15, -0.1) is 0 Å². The maximum atomic E-state index is 10.4. The van der Waals surface area contributed by atoms with Crippen molar-refractivity contribution in [1.82, 2.24) is 4.90 Å². The summed E-state index contributed by atoms with van der Waals surface area (Å²) >= 11 is 0. The molecular formula is C15H23NO2. The smallest absolute Gasteiger partial charge is 0.120 e. The van der Waals surface area contributed by atoms with Crippen molar-refractivity contribution >= 4 is 0 Å². The van der Waals surface area contributed by atoms with Crippen LogP contribution in [0.2, 0.25) is 0 Å². The van der Waals surface area contributed by atoms with E-state index in [1.165, 1.54) is 0 Å². The normalized spacial score (nSPS) is 18.4. The number of rotatable bonds is 4. The molecular weight excluding hydrogens is 226 g/mol. The molecule has 0 unspecified atom stereocenters. The Bertz CT molecular complexity index is 411. The topological polar surface area (TPSA) is 43.7 Å². The zero-order valence-corrected chi connectivity index (χ0v) is 11.3. The Labute approximate surface area is 109 Å². The molecule has 2 rings (SSSR count). The fourth-order valence-electron chi connectivity index (χ4n) is 2.88. The molecule has 1 aliphatic rings. The molecule has 0 aromatic heterocycles. The maximum absolute atomic E-state index is 10.4. The second-order valence-electron chi connectivity index (χ2n) is 5.74. The van der Waals surface area contributed by atoms with E-state index >= 15 is 0 Å². The highest BCUT2D eigenvalue weighted by atomic mass is 16.3. The highest BCUT2D eigenvalue weighted by molar-refractivity contribution is 5.35. The van der Waals surface area contributed by atoms with Gasteiger partial charge in [-0.2, -0.15) is 0 Å². The Morgan fingerprint density at radius 2 is 1.94 bits per heavy atom. The lowest BCUT2D eigenvalue weighted by molar-refractivity contribution is 0.0144. The molecule has 0 bridgehead atoms. The van der Waals surface area contributed by atoms with E-state index in [1.54, 1.807) is 6.07 Å². The van der Waals surface area contributed by atoms with Crippen molar-refractivity contribution in [2.24, 2.45) is 0 Å². The number of aromatic hydroxyl groups is 1. The van der Waals surface area contributed by atoms with Crippen LogP contribution in [0.4, 0.5) is 0 Å². The Balaban J connectivity index is 1.98. The van der Waals surface area contributed by atoms with Crippen LogP contribution in [0, 0.1) is 6.92 Å². The lowest BCUT2D eigenvalue weighted by Gasteiger charge is -2.28. The lowest BCUT2D eigenvalue weighted by atomic mass is 10.0. The van der Waals surface area contributed by atoms with E-state index in [2.05, 4.69) is 4.90 Å². The first-order valence-corrected chi connectivity index (χ1v) is 6.68. The molecule has 0 heterocycles. The Morgan fingerprint density at radius 3 is 2.61 bits per heavy atom. The van der Waals surface area contributed by atoms with Crippen LogP contribution in [0.15, 0.2) is 18.2 Å². The van der Waals surface area contributed by atoms with Gasteiger partial charge in [0, 0.05) is 18.7 Å². The first-order valence-electron chi connectivity index (χ1n) is 6.68. The van der Waals surface area contributed by atoms with Crippen LogP contribution in [-0.4, -0.2) is 34.3 Å². The van der Waals surface area contributed by atoms with Crippen LogP contribution in [0.1, 0.15) is 36.8 Å². The summed E-state index contributed by atoms with van der Waals surface area (Å²) < 4.78 is 0. The highest BCUT2D eigenvalue weighted by Crippen LogP contribution is 2.30. The molecule has 1 saturated carbocycles. The van der Waals surface area contributed by atoms with E-state index in [-0.39, 0.29) is 0 Å². The quantitative estimate of drug-likeness (QED) is 0.861. The fourth-order valence-corrected chi connectivity index (χ4v) is 2.88. The van der Waals surface area contributed by atoms with Gasteiger partial charge in [-0.05, 0) is 32.9 Å². The summed E-state index contributed by atoms with van der Waals surface area (Å²) in [5, 5.41) is 20.2. The zero-order valence-electron chi connectivity index (χ0n) is 11.3. The minimum Gasteiger partial charge on any atom is -0.508 e. The Morgan fingerprint density at radius 1 is 1.28 bits per heavy atom. The molecule has 1 fully saturated rings. The summed E-state index contributed by atoms with van der Waals surface area (Å²) in [4.78, 5) is 2.10. The van der Waals surface area contributed by atoms with Crippen molar-refractivity contribution < 1.29 is 10.2 Å². The fraction of sp³-hybridized carbons (Fsp3) is 0.600. The van der Waals surface area contributed by atoms with Crippen molar-refractivity contribution in [1.29, 1.82) is 0 Å². The molecule has 1 aromatic rings. The van der Waals surface area contributed by atoms with Crippen LogP contribution in [0.25, 0.3) is 0 Å². The van der Waals surface area contributed by atoms with Gasteiger partial charge in [0.05, 0.1) is 5.60 Å². The van der Waals surface area contributed by atoms with Crippen LogP contribution in [0.5, 0.6) is 5.75 Å². The van der Waals surface area contributed by atoms with Gasteiger partial charge < -0.3 is 10.2 Å². The van der Waals surface area contributed by atoms with Crippen molar-refractivity contribution in [3.05, 3.63) is 29.3 Å². The average molecular weight is 249 g/mol. The van der Waals surface area contributed by atoms with Crippen molar-refractivity contribution in [3.8, 4) is 5.75 Å². The minimum absolute atomic E-state index is 0.339. The molecule has 0 radical (unpaired) electrons. The molecule has 3 nitrogen and oxygen atoms in total. The lowest BCUT2D eigenvalue weighted by Crippen LogP contribution is -2.38. The van der Waals surface area contributed by atoms with Crippen LogP contribution in [-0.2, 0) is 6.54 Å². The maximum Gasteiger partial charge on any atom is 0.120 e. The number of nitrogens with zero attached hydrogens (tertiary/aromatic N) is 1. The standard InChI is InChI=1S/C15H23NO2/c1-12-5-6-14(17)13(9-12)10-16(2)11-15(18)7-3-4-8-15/h5-6,9,17-18H,3-4,7-8,10-11H2,1-2H3. The highest BCUT2D eigenvalue weighted by Gasteiger charge is 2.32. The first-order chi connectivity index (χ1) is 8.48. The van der Waals surface area contributed by atoms with Gasteiger partial charge in [0.15, 0.2) is 0 Å². The minimum atomic E-state index is -0.520. The summed E-state index contributed by atoms with van der Waals surface area (Å²) in [6.07, 6.45) is 4.05. The van der Waals surface area contributed by atoms with Gasteiger partial charge in [-0.1, -0.05) is 30.5 Å². The van der Waals surface area contributed by atoms with Gasteiger partial charge in [-0.25, -0.2) is 0 Å². The van der Waals surface area contributed by atoms with E-state index in [0.717, 1.165) is 36.8 Å². The van der Waals surface area contributed by atoms with Gasteiger partial charge in [0.2, 0.25) is 0 Å². The third-order valence-electron chi connectivity index (χ3n) is 3.77. The molecule has 100 valence electrons.